The lowest BCUT2D eigenvalue weighted by Gasteiger charge is -2.25. The molecule has 0 radical (unpaired) electrons. The molecule has 1 aliphatic carbocycles. The fourth-order valence-electron chi connectivity index (χ4n) is 2.85. The van der Waals surface area contributed by atoms with Crippen molar-refractivity contribution >= 4 is 5.52 Å². The summed E-state index contributed by atoms with van der Waals surface area (Å²) >= 11 is 0. The van der Waals surface area contributed by atoms with E-state index in [0.717, 1.165) is 25.7 Å². The predicted molar refractivity (Wildman–Crippen MR) is 65.5 cm³/mol. The van der Waals surface area contributed by atoms with Crippen LogP contribution in [0, 0.1) is 17.2 Å². The highest BCUT2D eigenvalue weighted by Crippen LogP contribution is 2.36. The van der Waals surface area contributed by atoms with Crippen molar-refractivity contribution in [1.29, 1.82) is 5.26 Å². The first kappa shape index (κ1) is 10.3. The first-order valence-corrected chi connectivity index (χ1v) is 6.20. The Bertz CT molecular complexity index is 556. The van der Waals surface area contributed by atoms with E-state index in [4.69, 9.17) is 5.26 Å². The van der Waals surface area contributed by atoms with E-state index in [2.05, 4.69) is 29.4 Å². The van der Waals surface area contributed by atoms with Gasteiger partial charge in [0.25, 0.3) is 0 Å². The summed E-state index contributed by atoms with van der Waals surface area (Å²) in [6.45, 7) is 0. The molecule has 1 fully saturated rings. The van der Waals surface area contributed by atoms with Crippen molar-refractivity contribution in [1.82, 2.24) is 9.61 Å². The number of aromatic nitrogens is 2. The highest BCUT2D eigenvalue weighted by atomic mass is 15.2. The van der Waals surface area contributed by atoms with Crippen molar-refractivity contribution in [2.45, 2.75) is 31.6 Å². The van der Waals surface area contributed by atoms with E-state index in [-0.39, 0.29) is 5.92 Å². The summed E-state index contributed by atoms with van der Waals surface area (Å²) in [5, 5.41) is 13.2. The van der Waals surface area contributed by atoms with E-state index in [9.17, 15) is 0 Å². The Balaban J connectivity index is 1.90. The first-order chi connectivity index (χ1) is 8.38. The SMILES string of the molecule is N#CC1CCC(c2cccn3nccc23)CC1. The summed E-state index contributed by atoms with van der Waals surface area (Å²) in [6, 6.07) is 8.73. The Labute approximate surface area is 101 Å². The summed E-state index contributed by atoms with van der Waals surface area (Å²) in [5.74, 6) is 0.871. The second-order valence-corrected chi connectivity index (χ2v) is 4.80. The van der Waals surface area contributed by atoms with Gasteiger partial charge in [-0.2, -0.15) is 10.4 Å². The molecule has 0 spiro atoms. The maximum absolute atomic E-state index is 8.92. The van der Waals surface area contributed by atoms with Crippen LogP contribution in [0.15, 0.2) is 30.6 Å². The maximum Gasteiger partial charge on any atom is 0.0696 e. The minimum atomic E-state index is 0.274. The third-order valence-corrected chi connectivity index (χ3v) is 3.82. The molecule has 0 atom stereocenters. The maximum atomic E-state index is 8.92. The molecule has 2 heterocycles. The molecule has 0 unspecified atom stereocenters. The van der Waals surface area contributed by atoms with Crippen LogP contribution in [-0.2, 0) is 0 Å². The van der Waals surface area contributed by atoms with Gasteiger partial charge in [-0.15, -0.1) is 0 Å². The van der Waals surface area contributed by atoms with Crippen LogP contribution in [0.4, 0.5) is 0 Å². The Morgan fingerprint density at radius 1 is 1.24 bits per heavy atom. The molecule has 3 rings (SSSR count). The average Bonchev–Trinajstić information content (AvgIpc) is 2.87. The zero-order valence-electron chi connectivity index (χ0n) is 9.71. The number of fused-ring (bicyclic) bond motifs is 1. The predicted octanol–water partition coefficient (Wildman–Crippen LogP) is 3.13. The number of rotatable bonds is 1. The van der Waals surface area contributed by atoms with Gasteiger partial charge in [0, 0.05) is 18.3 Å². The van der Waals surface area contributed by atoms with E-state index in [0.29, 0.717) is 5.92 Å². The Hall–Kier alpha value is -1.82. The smallest absolute Gasteiger partial charge is 0.0696 e. The molecule has 86 valence electrons. The number of pyridine rings is 1. The van der Waals surface area contributed by atoms with Crippen LogP contribution >= 0.6 is 0 Å². The molecule has 1 saturated carbocycles. The number of hydrogen-bond acceptors (Lipinski definition) is 2. The summed E-state index contributed by atoms with van der Waals surface area (Å²) in [6.07, 6.45) is 8.17. The van der Waals surface area contributed by atoms with Crippen molar-refractivity contribution in [3.63, 3.8) is 0 Å². The zero-order chi connectivity index (χ0) is 11.7. The van der Waals surface area contributed by atoms with E-state index in [1.54, 1.807) is 0 Å². The minimum absolute atomic E-state index is 0.274. The number of hydrogen-bond donors (Lipinski definition) is 0. The summed E-state index contributed by atoms with van der Waals surface area (Å²) in [7, 11) is 0. The van der Waals surface area contributed by atoms with Gasteiger partial charge in [0.15, 0.2) is 0 Å². The van der Waals surface area contributed by atoms with Crippen LogP contribution in [0.3, 0.4) is 0 Å². The van der Waals surface area contributed by atoms with E-state index in [1.807, 2.05) is 16.9 Å². The molecule has 0 saturated heterocycles. The number of nitrogens with zero attached hydrogens (tertiary/aromatic N) is 3. The van der Waals surface area contributed by atoms with Gasteiger partial charge in [-0.05, 0) is 49.3 Å². The minimum Gasteiger partial charge on any atom is -0.241 e. The number of nitriles is 1. The van der Waals surface area contributed by atoms with Crippen LogP contribution in [-0.4, -0.2) is 9.61 Å². The van der Waals surface area contributed by atoms with E-state index < -0.39 is 0 Å². The monoisotopic (exact) mass is 225 g/mol. The van der Waals surface area contributed by atoms with Gasteiger partial charge >= 0.3 is 0 Å². The Morgan fingerprint density at radius 2 is 2.06 bits per heavy atom. The van der Waals surface area contributed by atoms with Crippen LogP contribution in [0.25, 0.3) is 5.52 Å². The average molecular weight is 225 g/mol. The van der Waals surface area contributed by atoms with Crippen molar-refractivity contribution < 1.29 is 0 Å². The highest BCUT2D eigenvalue weighted by molar-refractivity contribution is 5.55. The molecule has 2 aromatic heterocycles. The lowest BCUT2D eigenvalue weighted by atomic mass is 9.79. The molecule has 0 amide bonds. The molecule has 2 aromatic rings. The molecule has 3 nitrogen and oxygen atoms in total. The van der Waals surface area contributed by atoms with Crippen LogP contribution in [0.1, 0.15) is 37.2 Å². The van der Waals surface area contributed by atoms with Gasteiger partial charge in [-0.25, -0.2) is 4.52 Å². The quantitative estimate of drug-likeness (QED) is 0.748. The van der Waals surface area contributed by atoms with Crippen molar-refractivity contribution in [2.75, 3.05) is 0 Å². The molecule has 1 aliphatic rings. The fourth-order valence-corrected chi connectivity index (χ4v) is 2.85. The third-order valence-electron chi connectivity index (χ3n) is 3.82. The second-order valence-electron chi connectivity index (χ2n) is 4.80. The van der Waals surface area contributed by atoms with Crippen molar-refractivity contribution in [3.8, 4) is 6.07 Å². The summed E-state index contributed by atoms with van der Waals surface area (Å²) in [4.78, 5) is 0. The first-order valence-electron chi connectivity index (χ1n) is 6.20. The summed E-state index contributed by atoms with van der Waals surface area (Å²) < 4.78 is 1.94. The largest absolute Gasteiger partial charge is 0.241 e. The van der Waals surface area contributed by atoms with Crippen LogP contribution < -0.4 is 0 Å². The Morgan fingerprint density at radius 3 is 2.82 bits per heavy atom. The van der Waals surface area contributed by atoms with Gasteiger partial charge in [0.05, 0.1) is 11.6 Å². The highest BCUT2D eigenvalue weighted by Gasteiger charge is 2.23. The topological polar surface area (TPSA) is 41.1 Å². The lowest BCUT2D eigenvalue weighted by molar-refractivity contribution is 0.383. The third kappa shape index (κ3) is 1.80. The summed E-state index contributed by atoms with van der Waals surface area (Å²) in [5.41, 5.74) is 2.61. The van der Waals surface area contributed by atoms with Crippen molar-refractivity contribution in [2.24, 2.45) is 5.92 Å². The van der Waals surface area contributed by atoms with Gasteiger partial charge in [-0.1, -0.05) is 6.07 Å². The fraction of sp³-hybridized carbons (Fsp3) is 0.429. The molecule has 0 aromatic carbocycles. The molecule has 17 heavy (non-hydrogen) atoms. The molecular weight excluding hydrogens is 210 g/mol. The van der Waals surface area contributed by atoms with Crippen molar-refractivity contribution in [3.05, 3.63) is 36.2 Å². The molecule has 0 aliphatic heterocycles. The van der Waals surface area contributed by atoms with Gasteiger partial charge in [0.1, 0.15) is 0 Å². The standard InChI is InChI=1S/C14H15N3/c15-10-11-3-5-12(6-4-11)13-2-1-9-17-14(13)7-8-16-17/h1-2,7-9,11-12H,3-6H2. The zero-order valence-corrected chi connectivity index (χ0v) is 9.71. The lowest BCUT2D eigenvalue weighted by Crippen LogP contribution is -2.12. The normalized spacial score (nSPS) is 24.6. The molecule has 3 heteroatoms. The second kappa shape index (κ2) is 4.21. The van der Waals surface area contributed by atoms with Gasteiger partial charge < -0.3 is 0 Å². The molecular formula is C14H15N3. The van der Waals surface area contributed by atoms with Gasteiger partial charge in [-0.3, -0.25) is 0 Å². The molecule has 0 N–H and O–H groups in total. The van der Waals surface area contributed by atoms with Gasteiger partial charge in [0.2, 0.25) is 0 Å². The van der Waals surface area contributed by atoms with Crippen LogP contribution in [0.5, 0.6) is 0 Å². The molecule has 0 bridgehead atoms. The van der Waals surface area contributed by atoms with Crippen LogP contribution in [0.2, 0.25) is 0 Å². The van der Waals surface area contributed by atoms with E-state index >= 15 is 0 Å². The Kier molecular flexibility index (Phi) is 2.56. The van der Waals surface area contributed by atoms with E-state index in [1.165, 1.54) is 11.1 Å².